The number of amides is 1. The van der Waals surface area contributed by atoms with Gasteiger partial charge < -0.3 is 15.0 Å². The van der Waals surface area contributed by atoms with Crippen molar-refractivity contribution in [3.8, 4) is 5.75 Å². The number of hydrogen-bond donors (Lipinski definition) is 1. The van der Waals surface area contributed by atoms with Crippen LogP contribution >= 0.6 is 0 Å². The Labute approximate surface area is 146 Å². The number of methoxy groups -OCH3 is 1. The number of hydrogen-bond acceptors (Lipinski definition) is 5. The lowest BCUT2D eigenvalue weighted by atomic mass is 10.0. The second kappa shape index (κ2) is 7.48. The molecular weight excluding hydrogens is 320 g/mol. The molecule has 7 heteroatoms. The normalized spacial score (nSPS) is 17.4. The van der Waals surface area contributed by atoms with Gasteiger partial charge in [-0.15, -0.1) is 0 Å². The lowest BCUT2D eigenvalue weighted by Crippen LogP contribution is -2.50. The number of aromatic nitrogens is 2. The van der Waals surface area contributed by atoms with Crippen molar-refractivity contribution < 1.29 is 9.53 Å². The lowest BCUT2D eigenvalue weighted by Gasteiger charge is -2.36. The summed E-state index contributed by atoms with van der Waals surface area (Å²) >= 11 is 0. The maximum atomic E-state index is 12.8. The zero-order chi connectivity index (χ0) is 17.8. The molecular formula is C18H22N4O3. The van der Waals surface area contributed by atoms with Gasteiger partial charge in [0.25, 0.3) is 5.56 Å². The van der Waals surface area contributed by atoms with E-state index in [0.29, 0.717) is 18.8 Å². The van der Waals surface area contributed by atoms with E-state index in [9.17, 15) is 9.59 Å². The second-order valence-corrected chi connectivity index (χ2v) is 6.05. The number of carbonyl (C=O) groups excluding carboxylic acids is 1. The molecule has 1 aliphatic rings. The van der Waals surface area contributed by atoms with Crippen LogP contribution in [0, 0.1) is 6.92 Å². The number of carbonyl (C=O) groups is 1. The maximum absolute atomic E-state index is 12.8. The van der Waals surface area contributed by atoms with Crippen LogP contribution in [0.5, 0.6) is 5.75 Å². The quantitative estimate of drug-likeness (QED) is 0.887. The molecule has 0 radical (unpaired) electrons. The van der Waals surface area contributed by atoms with E-state index < -0.39 is 0 Å². The zero-order valence-corrected chi connectivity index (χ0v) is 14.4. The highest BCUT2D eigenvalue weighted by Gasteiger charge is 2.28. The van der Waals surface area contributed by atoms with Gasteiger partial charge in [0, 0.05) is 25.7 Å². The molecule has 0 saturated carbocycles. The molecule has 0 aliphatic carbocycles. The number of nitrogens with zero attached hydrogens (tertiary/aromatic N) is 3. The maximum Gasteiger partial charge on any atom is 0.267 e. The Bertz CT molecular complexity index is 801. The first-order valence-electron chi connectivity index (χ1n) is 8.27. The summed E-state index contributed by atoms with van der Waals surface area (Å²) in [5, 5.41) is 7.47. The number of aryl methyl sites for hydroxylation is 1. The van der Waals surface area contributed by atoms with E-state index in [1.54, 1.807) is 20.1 Å². The van der Waals surface area contributed by atoms with Crippen LogP contribution in [0.4, 0.5) is 0 Å². The molecule has 1 aromatic heterocycles. The van der Waals surface area contributed by atoms with Gasteiger partial charge in [0.15, 0.2) is 0 Å². The van der Waals surface area contributed by atoms with Gasteiger partial charge in [-0.3, -0.25) is 9.59 Å². The monoisotopic (exact) mass is 342 g/mol. The van der Waals surface area contributed by atoms with Gasteiger partial charge >= 0.3 is 0 Å². The number of ether oxygens (including phenoxy) is 1. The zero-order valence-electron chi connectivity index (χ0n) is 14.4. The summed E-state index contributed by atoms with van der Waals surface area (Å²) in [6.45, 7) is 3.75. The molecule has 2 heterocycles. The molecule has 1 fully saturated rings. The third-order valence-corrected chi connectivity index (χ3v) is 4.35. The average Bonchev–Trinajstić information content (AvgIpc) is 2.65. The highest BCUT2D eigenvalue weighted by molar-refractivity contribution is 5.76. The first kappa shape index (κ1) is 17.2. The standard InChI is InChI=1S/C18H22N4O3/c1-13-3-8-17(23)22(20-13)12-18(24)21-10-9-19-11-16(21)14-4-6-15(25-2)7-5-14/h3-8,16,19H,9-12H2,1-2H3/t16-/m1/s1. The fraction of sp³-hybridized carbons (Fsp3) is 0.389. The molecule has 3 rings (SSSR count). The summed E-state index contributed by atoms with van der Waals surface area (Å²) in [4.78, 5) is 26.5. The molecule has 25 heavy (non-hydrogen) atoms. The van der Waals surface area contributed by atoms with Crippen LogP contribution in [0.2, 0.25) is 0 Å². The molecule has 0 spiro atoms. The highest BCUT2D eigenvalue weighted by atomic mass is 16.5. The summed E-state index contributed by atoms with van der Waals surface area (Å²) in [6, 6.07) is 10.7. The second-order valence-electron chi connectivity index (χ2n) is 6.05. The average molecular weight is 342 g/mol. The summed E-state index contributed by atoms with van der Waals surface area (Å²) in [5.41, 5.74) is 1.47. The van der Waals surface area contributed by atoms with Crippen molar-refractivity contribution in [2.75, 3.05) is 26.7 Å². The molecule has 1 aliphatic heterocycles. The van der Waals surface area contributed by atoms with Crippen LogP contribution in [0.3, 0.4) is 0 Å². The third kappa shape index (κ3) is 3.88. The Kier molecular flexibility index (Phi) is 5.14. The van der Waals surface area contributed by atoms with E-state index in [4.69, 9.17) is 4.74 Å². The summed E-state index contributed by atoms with van der Waals surface area (Å²) < 4.78 is 6.42. The molecule has 1 N–H and O–H groups in total. The van der Waals surface area contributed by atoms with Crippen molar-refractivity contribution >= 4 is 5.91 Å². The van der Waals surface area contributed by atoms with Crippen LogP contribution in [-0.2, 0) is 11.3 Å². The Balaban J connectivity index is 1.81. The van der Waals surface area contributed by atoms with E-state index in [-0.39, 0.29) is 24.1 Å². The van der Waals surface area contributed by atoms with Gasteiger partial charge in [-0.25, -0.2) is 4.68 Å². The molecule has 0 bridgehead atoms. The van der Waals surface area contributed by atoms with Crippen LogP contribution in [0.15, 0.2) is 41.2 Å². The first-order valence-corrected chi connectivity index (χ1v) is 8.27. The molecule has 0 unspecified atom stereocenters. The van der Waals surface area contributed by atoms with E-state index >= 15 is 0 Å². The molecule has 1 aromatic carbocycles. The largest absolute Gasteiger partial charge is 0.497 e. The molecule has 7 nitrogen and oxygen atoms in total. The summed E-state index contributed by atoms with van der Waals surface area (Å²) in [6.07, 6.45) is 0. The Morgan fingerprint density at radius 2 is 2.04 bits per heavy atom. The highest BCUT2D eigenvalue weighted by Crippen LogP contribution is 2.24. The fourth-order valence-corrected chi connectivity index (χ4v) is 3.01. The smallest absolute Gasteiger partial charge is 0.267 e. The molecule has 1 amide bonds. The minimum Gasteiger partial charge on any atom is -0.497 e. The first-order chi connectivity index (χ1) is 12.1. The van der Waals surface area contributed by atoms with Crippen molar-refractivity contribution in [2.45, 2.75) is 19.5 Å². The fourth-order valence-electron chi connectivity index (χ4n) is 3.01. The van der Waals surface area contributed by atoms with Crippen molar-refractivity contribution in [3.05, 3.63) is 58.0 Å². The van der Waals surface area contributed by atoms with Crippen molar-refractivity contribution in [2.24, 2.45) is 0 Å². The Hall–Kier alpha value is -2.67. The SMILES string of the molecule is COc1ccc([C@H]2CNCCN2C(=O)Cn2nc(C)ccc2=O)cc1. The van der Waals surface area contributed by atoms with E-state index in [2.05, 4.69) is 10.4 Å². The number of piperazine rings is 1. The van der Waals surface area contributed by atoms with Gasteiger partial charge in [0.1, 0.15) is 12.3 Å². The van der Waals surface area contributed by atoms with Crippen molar-refractivity contribution in [1.82, 2.24) is 20.0 Å². The van der Waals surface area contributed by atoms with Crippen molar-refractivity contribution in [1.29, 1.82) is 0 Å². The van der Waals surface area contributed by atoms with E-state index in [1.165, 1.54) is 10.7 Å². The van der Waals surface area contributed by atoms with Gasteiger partial charge in [-0.05, 0) is 30.7 Å². The Morgan fingerprint density at radius 1 is 1.28 bits per heavy atom. The number of nitrogens with one attached hydrogen (secondary N) is 1. The van der Waals surface area contributed by atoms with Crippen LogP contribution in [-0.4, -0.2) is 47.3 Å². The van der Waals surface area contributed by atoms with Crippen LogP contribution < -0.4 is 15.6 Å². The summed E-state index contributed by atoms with van der Waals surface area (Å²) in [7, 11) is 1.62. The van der Waals surface area contributed by atoms with Gasteiger partial charge in [-0.1, -0.05) is 12.1 Å². The predicted octanol–water partition coefficient (Wildman–Crippen LogP) is 0.733. The molecule has 1 atom stereocenters. The van der Waals surface area contributed by atoms with E-state index in [0.717, 1.165) is 17.9 Å². The van der Waals surface area contributed by atoms with Gasteiger partial charge in [0.05, 0.1) is 18.8 Å². The topological polar surface area (TPSA) is 76.5 Å². The van der Waals surface area contributed by atoms with Crippen LogP contribution in [0.1, 0.15) is 17.3 Å². The molecule has 1 saturated heterocycles. The van der Waals surface area contributed by atoms with E-state index in [1.807, 2.05) is 29.2 Å². The van der Waals surface area contributed by atoms with Crippen molar-refractivity contribution in [3.63, 3.8) is 0 Å². The molecule has 2 aromatic rings. The van der Waals surface area contributed by atoms with Gasteiger partial charge in [-0.2, -0.15) is 5.10 Å². The lowest BCUT2D eigenvalue weighted by molar-refractivity contribution is -0.135. The third-order valence-electron chi connectivity index (χ3n) is 4.35. The number of benzene rings is 1. The Morgan fingerprint density at radius 3 is 2.76 bits per heavy atom. The minimum atomic E-state index is -0.268. The minimum absolute atomic E-state index is 0.0484. The van der Waals surface area contributed by atoms with Crippen LogP contribution in [0.25, 0.3) is 0 Å². The molecule has 132 valence electrons. The number of rotatable bonds is 4. The predicted molar refractivity (Wildman–Crippen MR) is 93.6 cm³/mol. The summed E-state index contributed by atoms with van der Waals surface area (Å²) in [5.74, 6) is 0.670. The van der Waals surface area contributed by atoms with Gasteiger partial charge in [0.2, 0.25) is 5.91 Å².